The first-order valence-electron chi connectivity index (χ1n) is 7.00. The minimum atomic E-state index is -0.533. The molecule has 1 aromatic heterocycles. The fraction of sp³-hybridized carbons (Fsp3) is 0.0588. The molecule has 2 aromatic carbocycles. The van der Waals surface area contributed by atoms with Crippen molar-refractivity contribution in [3.63, 3.8) is 0 Å². The molecule has 0 aliphatic carbocycles. The molecule has 0 saturated heterocycles. The van der Waals surface area contributed by atoms with E-state index in [0.717, 1.165) is 20.4 Å². The Morgan fingerprint density at radius 1 is 1.13 bits per heavy atom. The van der Waals surface area contributed by atoms with Crippen molar-refractivity contribution in [3.8, 4) is 11.3 Å². The maximum atomic E-state index is 11.8. The third kappa shape index (κ3) is 4.32. The van der Waals surface area contributed by atoms with Crippen LogP contribution in [0.5, 0.6) is 0 Å². The molecule has 0 spiro atoms. The van der Waals surface area contributed by atoms with Gasteiger partial charge in [-0.05, 0) is 45.9 Å². The third-order valence-electron chi connectivity index (χ3n) is 3.18. The molecule has 116 valence electrons. The lowest BCUT2D eigenvalue weighted by Crippen LogP contribution is -2.13. The number of nitrogens with one attached hydrogen (secondary N) is 2. The fourth-order valence-electron chi connectivity index (χ4n) is 2.03. The molecular weight excluding hydrogens is 405 g/mol. The van der Waals surface area contributed by atoms with Crippen molar-refractivity contribution in [2.75, 3.05) is 5.32 Å². The molecule has 0 unspecified atom stereocenters. The Morgan fingerprint density at radius 2 is 1.87 bits per heavy atom. The molecule has 0 atom stereocenters. The number of carbonyl (C=O) groups excluding carboxylic acids is 1. The summed E-state index contributed by atoms with van der Waals surface area (Å²) in [6.45, 7) is 0.223. The van der Waals surface area contributed by atoms with Crippen molar-refractivity contribution >= 4 is 34.5 Å². The first-order chi connectivity index (χ1) is 11.2. The second-order valence-electron chi connectivity index (χ2n) is 4.86. The number of benzene rings is 2. The van der Waals surface area contributed by atoms with Crippen LogP contribution in [-0.2, 0) is 11.3 Å². The maximum Gasteiger partial charge on any atom is 0.413 e. The zero-order valence-electron chi connectivity index (χ0n) is 12.1. The van der Waals surface area contributed by atoms with Gasteiger partial charge >= 0.3 is 6.09 Å². The minimum absolute atomic E-state index is 0.223. The van der Waals surface area contributed by atoms with Crippen LogP contribution in [0, 0.1) is 3.57 Å². The summed E-state index contributed by atoms with van der Waals surface area (Å²) in [6.07, 6.45) is -0.533. The predicted molar refractivity (Wildman–Crippen MR) is 97.0 cm³/mol. The van der Waals surface area contributed by atoms with Crippen LogP contribution in [-0.4, -0.2) is 16.3 Å². The number of aromatic amines is 1. The van der Waals surface area contributed by atoms with Gasteiger partial charge in [0.25, 0.3) is 0 Å². The van der Waals surface area contributed by atoms with E-state index in [1.807, 2.05) is 54.6 Å². The molecule has 0 aliphatic heterocycles. The molecule has 5 nitrogen and oxygen atoms in total. The SMILES string of the molecule is O=C(Nc1cc(-c2ccc(I)cc2)[nH]n1)OCc1ccccc1. The monoisotopic (exact) mass is 419 g/mol. The molecule has 3 rings (SSSR count). The molecule has 1 heterocycles. The van der Waals surface area contributed by atoms with E-state index in [4.69, 9.17) is 4.74 Å². The van der Waals surface area contributed by atoms with Crippen LogP contribution in [0.3, 0.4) is 0 Å². The largest absolute Gasteiger partial charge is 0.444 e. The van der Waals surface area contributed by atoms with Gasteiger partial charge in [-0.1, -0.05) is 42.5 Å². The van der Waals surface area contributed by atoms with E-state index >= 15 is 0 Å². The van der Waals surface area contributed by atoms with E-state index in [1.165, 1.54) is 0 Å². The van der Waals surface area contributed by atoms with Crippen LogP contribution < -0.4 is 5.32 Å². The van der Waals surface area contributed by atoms with E-state index in [-0.39, 0.29) is 6.61 Å². The van der Waals surface area contributed by atoms with Crippen molar-refractivity contribution in [2.45, 2.75) is 6.61 Å². The molecule has 0 aliphatic rings. The fourth-order valence-corrected chi connectivity index (χ4v) is 2.39. The van der Waals surface area contributed by atoms with E-state index in [9.17, 15) is 4.79 Å². The maximum absolute atomic E-state index is 11.8. The van der Waals surface area contributed by atoms with Gasteiger partial charge in [0.1, 0.15) is 6.61 Å². The Balaban J connectivity index is 1.58. The molecule has 3 aromatic rings. The zero-order chi connectivity index (χ0) is 16.1. The first kappa shape index (κ1) is 15.5. The van der Waals surface area contributed by atoms with Crippen LogP contribution in [0.4, 0.5) is 10.6 Å². The Hall–Kier alpha value is -2.35. The number of anilines is 1. The molecule has 0 bridgehead atoms. The van der Waals surface area contributed by atoms with Gasteiger partial charge in [-0.2, -0.15) is 5.10 Å². The Morgan fingerprint density at radius 3 is 2.61 bits per heavy atom. The number of aromatic nitrogens is 2. The minimum Gasteiger partial charge on any atom is -0.444 e. The van der Waals surface area contributed by atoms with E-state index in [1.54, 1.807) is 6.07 Å². The second kappa shape index (κ2) is 7.28. The summed E-state index contributed by atoms with van der Waals surface area (Å²) in [4.78, 5) is 11.8. The lowest BCUT2D eigenvalue weighted by atomic mass is 10.2. The van der Waals surface area contributed by atoms with Gasteiger partial charge in [-0.25, -0.2) is 4.79 Å². The number of hydrogen-bond donors (Lipinski definition) is 2. The third-order valence-corrected chi connectivity index (χ3v) is 3.90. The normalized spacial score (nSPS) is 10.3. The molecule has 6 heteroatoms. The van der Waals surface area contributed by atoms with Crippen LogP contribution in [0.1, 0.15) is 5.56 Å². The Kier molecular flexibility index (Phi) is 4.92. The number of nitrogens with zero attached hydrogens (tertiary/aromatic N) is 1. The zero-order valence-corrected chi connectivity index (χ0v) is 14.3. The van der Waals surface area contributed by atoms with Gasteiger partial charge in [0.05, 0.1) is 5.69 Å². The van der Waals surface area contributed by atoms with Gasteiger partial charge in [0, 0.05) is 9.64 Å². The lowest BCUT2D eigenvalue weighted by molar-refractivity contribution is 0.155. The van der Waals surface area contributed by atoms with Crippen LogP contribution >= 0.6 is 22.6 Å². The van der Waals surface area contributed by atoms with E-state index in [0.29, 0.717) is 5.82 Å². The van der Waals surface area contributed by atoms with Crippen LogP contribution in [0.2, 0.25) is 0 Å². The van der Waals surface area contributed by atoms with Gasteiger partial charge in [-0.3, -0.25) is 10.4 Å². The summed E-state index contributed by atoms with van der Waals surface area (Å²) in [5.41, 5.74) is 2.77. The van der Waals surface area contributed by atoms with Gasteiger partial charge in [0.15, 0.2) is 5.82 Å². The van der Waals surface area contributed by atoms with Gasteiger partial charge in [0.2, 0.25) is 0 Å². The van der Waals surface area contributed by atoms with Gasteiger partial charge in [-0.15, -0.1) is 0 Å². The predicted octanol–water partition coefficient (Wildman–Crippen LogP) is 4.43. The number of rotatable bonds is 4. The highest BCUT2D eigenvalue weighted by molar-refractivity contribution is 14.1. The average molecular weight is 419 g/mol. The van der Waals surface area contributed by atoms with Crippen molar-refractivity contribution in [1.82, 2.24) is 10.2 Å². The molecule has 1 amide bonds. The number of amides is 1. The standard InChI is InChI=1S/C17H14IN3O2/c18-14-8-6-13(7-9-14)15-10-16(21-20-15)19-17(22)23-11-12-4-2-1-3-5-12/h1-10H,11H2,(H2,19,20,21,22). The Bertz CT molecular complexity index is 785. The smallest absolute Gasteiger partial charge is 0.413 e. The highest BCUT2D eigenvalue weighted by Crippen LogP contribution is 2.20. The van der Waals surface area contributed by atoms with Crippen molar-refractivity contribution in [3.05, 3.63) is 69.8 Å². The molecule has 2 N–H and O–H groups in total. The van der Waals surface area contributed by atoms with E-state index in [2.05, 4.69) is 38.1 Å². The quantitative estimate of drug-likeness (QED) is 0.615. The molecule has 23 heavy (non-hydrogen) atoms. The Labute approximate surface area is 147 Å². The van der Waals surface area contributed by atoms with E-state index < -0.39 is 6.09 Å². The first-order valence-corrected chi connectivity index (χ1v) is 8.07. The van der Waals surface area contributed by atoms with Crippen LogP contribution in [0.15, 0.2) is 60.7 Å². The summed E-state index contributed by atoms with van der Waals surface area (Å²) in [5, 5.41) is 9.58. The van der Waals surface area contributed by atoms with Crippen molar-refractivity contribution < 1.29 is 9.53 Å². The summed E-state index contributed by atoms with van der Waals surface area (Å²) < 4.78 is 6.32. The molecule has 0 fully saturated rings. The van der Waals surface area contributed by atoms with Crippen molar-refractivity contribution in [1.29, 1.82) is 0 Å². The highest BCUT2D eigenvalue weighted by atomic mass is 127. The molecule has 0 saturated carbocycles. The summed E-state index contributed by atoms with van der Waals surface area (Å²) in [7, 11) is 0. The summed E-state index contributed by atoms with van der Waals surface area (Å²) in [6, 6.07) is 19.3. The number of ether oxygens (including phenoxy) is 1. The van der Waals surface area contributed by atoms with Crippen LogP contribution in [0.25, 0.3) is 11.3 Å². The van der Waals surface area contributed by atoms with Gasteiger partial charge < -0.3 is 4.74 Å². The lowest BCUT2D eigenvalue weighted by Gasteiger charge is -2.04. The number of carbonyl (C=O) groups is 1. The number of hydrogen-bond acceptors (Lipinski definition) is 3. The molecule has 0 radical (unpaired) electrons. The second-order valence-corrected chi connectivity index (χ2v) is 6.11. The van der Waals surface area contributed by atoms with Crippen molar-refractivity contribution in [2.24, 2.45) is 0 Å². The number of halogens is 1. The highest BCUT2D eigenvalue weighted by Gasteiger charge is 2.08. The average Bonchev–Trinajstić information content (AvgIpc) is 3.03. The summed E-state index contributed by atoms with van der Waals surface area (Å²) >= 11 is 2.25. The molecular formula is C17H14IN3O2. The number of H-pyrrole nitrogens is 1. The topological polar surface area (TPSA) is 67.0 Å². The summed E-state index contributed by atoms with van der Waals surface area (Å²) in [5.74, 6) is 0.427.